The number of imide groups is 1. The van der Waals surface area contributed by atoms with E-state index < -0.39 is 0 Å². The first-order valence-corrected chi connectivity index (χ1v) is 10.2. The highest BCUT2D eigenvalue weighted by Gasteiger charge is 2.25. The molecule has 8 heteroatoms. The summed E-state index contributed by atoms with van der Waals surface area (Å²) in [5.41, 5.74) is 0. The van der Waals surface area contributed by atoms with Crippen molar-refractivity contribution in [3.63, 3.8) is 0 Å². The van der Waals surface area contributed by atoms with Gasteiger partial charge in [-0.05, 0) is 39.2 Å². The molecule has 2 aliphatic heterocycles. The Balaban J connectivity index is 0.00000364. The Morgan fingerprint density at radius 3 is 2.37 bits per heavy atom. The van der Waals surface area contributed by atoms with Crippen LogP contribution in [0.3, 0.4) is 0 Å². The zero-order valence-electron chi connectivity index (χ0n) is 16.8. The van der Waals surface area contributed by atoms with Gasteiger partial charge in [-0.3, -0.25) is 19.5 Å². The zero-order valence-corrected chi connectivity index (χ0v) is 19.2. The molecule has 0 radical (unpaired) electrons. The van der Waals surface area contributed by atoms with Crippen molar-refractivity contribution in [3.8, 4) is 0 Å². The Kier molecular flexibility index (Phi) is 11.9. The Labute approximate surface area is 180 Å². The van der Waals surface area contributed by atoms with Crippen molar-refractivity contribution < 1.29 is 9.59 Å². The minimum atomic E-state index is -0.0612. The third-order valence-electron chi connectivity index (χ3n) is 5.08. The highest BCUT2D eigenvalue weighted by molar-refractivity contribution is 14.0. The van der Waals surface area contributed by atoms with Crippen LogP contribution in [0.4, 0.5) is 0 Å². The van der Waals surface area contributed by atoms with Crippen molar-refractivity contribution in [1.82, 2.24) is 20.4 Å². The van der Waals surface area contributed by atoms with Gasteiger partial charge in [-0.25, -0.2) is 0 Å². The van der Waals surface area contributed by atoms with Crippen molar-refractivity contribution in [2.45, 2.75) is 64.8 Å². The third kappa shape index (κ3) is 8.33. The van der Waals surface area contributed by atoms with Crippen LogP contribution in [-0.4, -0.2) is 72.9 Å². The molecule has 0 aliphatic carbocycles. The molecule has 0 aromatic carbocycles. The maximum Gasteiger partial charge on any atom is 0.229 e. The Bertz CT molecular complexity index is 476. The van der Waals surface area contributed by atoms with Gasteiger partial charge in [0.05, 0.1) is 6.54 Å². The van der Waals surface area contributed by atoms with Gasteiger partial charge in [-0.2, -0.15) is 0 Å². The van der Waals surface area contributed by atoms with Crippen LogP contribution >= 0.6 is 24.0 Å². The number of guanidine groups is 1. The minimum Gasteiger partial charge on any atom is -0.357 e. The number of carbonyl (C=O) groups is 2. The van der Waals surface area contributed by atoms with E-state index in [4.69, 9.17) is 0 Å². The number of hydrogen-bond donors (Lipinski definition) is 2. The number of rotatable bonds is 8. The number of hydrogen-bond acceptors (Lipinski definition) is 4. The van der Waals surface area contributed by atoms with Gasteiger partial charge in [0.1, 0.15) is 0 Å². The van der Waals surface area contributed by atoms with Crippen LogP contribution in [0.1, 0.15) is 58.8 Å². The molecule has 2 N–H and O–H groups in total. The van der Waals surface area contributed by atoms with E-state index in [9.17, 15) is 9.59 Å². The number of nitrogens with one attached hydrogen (secondary N) is 2. The standard InChI is InChI=1S/C19H35N5O2.HI/c1-3-5-12-23-13-9-16(10-14-23)22-19(20-4-2)21-11-15-24-17(25)7-6-8-18(24)26;/h16H,3-15H2,1-2H3,(H2,20,21,22);1H. The summed E-state index contributed by atoms with van der Waals surface area (Å²) in [6, 6.07) is 0.434. The SMILES string of the molecule is CCCCN1CCC(NC(=NCCN2C(=O)CCCC2=O)NCC)CC1.I. The first-order chi connectivity index (χ1) is 12.6. The van der Waals surface area contributed by atoms with E-state index in [2.05, 4.69) is 27.4 Å². The van der Waals surface area contributed by atoms with Crippen LogP contribution < -0.4 is 10.6 Å². The quantitative estimate of drug-likeness (QED) is 0.234. The molecule has 0 unspecified atom stereocenters. The second-order valence-electron chi connectivity index (χ2n) is 7.17. The van der Waals surface area contributed by atoms with E-state index in [-0.39, 0.29) is 35.8 Å². The van der Waals surface area contributed by atoms with Crippen LogP contribution in [0.5, 0.6) is 0 Å². The van der Waals surface area contributed by atoms with Gasteiger partial charge >= 0.3 is 0 Å². The smallest absolute Gasteiger partial charge is 0.229 e. The lowest BCUT2D eigenvalue weighted by molar-refractivity contribution is -0.147. The van der Waals surface area contributed by atoms with Crippen molar-refractivity contribution >= 4 is 41.8 Å². The summed E-state index contributed by atoms with van der Waals surface area (Å²) in [6.45, 7) is 9.37. The molecule has 2 heterocycles. The fraction of sp³-hybridized carbons (Fsp3) is 0.842. The number of nitrogens with zero attached hydrogens (tertiary/aromatic N) is 3. The van der Waals surface area contributed by atoms with Gasteiger partial charge in [0.2, 0.25) is 11.8 Å². The van der Waals surface area contributed by atoms with Crippen LogP contribution in [0, 0.1) is 0 Å². The first-order valence-electron chi connectivity index (χ1n) is 10.2. The highest BCUT2D eigenvalue weighted by Crippen LogP contribution is 2.12. The molecule has 2 saturated heterocycles. The monoisotopic (exact) mass is 493 g/mol. The predicted octanol–water partition coefficient (Wildman–Crippen LogP) is 1.96. The van der Waals surface area contributed by atoms with Gasteiger partial charge in [0, 0.05) is 45.1 Å². The molecule has 27 heavy (non-hydrogen) atoms. The lowest BCUT2D eigenvalue weighted by Crippen LogP contribution is -2.49. The summed E-state index contributed by atoms with van der Waals surface area (Å²) in [5, 5.41) is 6.79. The fourth-order valence-corrected chi connectivity index (χ4v) is 3.51. The average molecular weight is 493 g/mol. The lowest BCUT2D eigenvalue weighted by Gasteiger charge is -2.33. The number of halogens is 1. The topological polar surface area (TPSA) is 77.0 Å². The van der Waals surface area contributed by atoms with Gasteiger partial charge in [-0.1, -0.05) is 13.3 Å². The van der Waals surface area contributed by atoms with Gasteiger partial charge < -0.3 is 15.5 Å². The number of carbonyl (C=O) groups excluding carboxylic acids is 2. The molecule has 2 rings (SSSR count). The first kappa shape index (κ1) is 24.1. The molecular weight excluding hydrogens is 457 g/mol. The van der Waals surface area contributed by atoms with E-state index in [0.29, 0.717) is 38.4 Å². The maximum absolute atomic E-state index is 11.8. The molecule has 2 fully saturated rings. The van der Waals surface area contributed by atoms with Crippen molar-refractivity contribution in [3.05, 3.63) is 0 Å². The van der Waals surface area contributed by atoms with Crippen molar-refractivity contribution in [2.75, 3.05) is 39.3 Å². The molecule has 2 aliphatic rings. The normalized spacial score (nSPS) is 19.8. The largest absolute Gasteiger partial charge is 0.357 e. The van der Waals surface area contributed by atoms with Crippen molar-refractivity contribution in [2.24, 2.45) is 4.99 Å². The Morgan fingerprint density at radius 2 is 1.78 bits per heavy atom. The molecule has 0 bridgehead atoms. The number of likely N-dealkylation sites (tertiary alicyclic amines) is 2. The fourth-order valence-electron chi connectivity index (χ4n) is 3.51. The van der Waals surface area contributed by atoms with Gasteiger partial charge in [-0.15, -0.1) is 24.0 Å². The van der Waals surface area contributed by atoms with E-state index in [1.165, 1.54) is 24.3 Å². The molecule has 156 valence electrons. The van der Waals surface area contributed by atoms with E-state index in [1.807, 2.05) is 6.92 Å². The summed E-state index contributed by atoms with van der Waals surface area (Å²) in [5.74, 6) is 0.666. The number of unbranched alkanes of at least 4 members (excludes halogenated alkanes) is 1. The van der Waals surface area contributed by atoms with Crippen LogP contribution in [0.15, 0.2) is 4.99 Å². The number of piperidine rings is 2. The summed E-state index contributed by atoms with van der Waals surface area (Å²) in [6.07, 6.45) is 6.40. The number of amides is 2. The van der Waals surface area contributed by atoms with Crippen LogP contribution in [0.2, 0.25) is 0 Å². The molecule has 7 nitrogen and oxygen atoms in total. The minimum absolute atomic E-state index is 0. The van der Waals surface area contributed by atoms with E-state index >= 15 is 0 Å². The third-order valence-corrected chi connectivity index (χ3v) is 5.08. The summed E-state index contributed by atoms with van der Waals surface area (Å²) < 4.78 is 0. The molecule has 2 amide bonds. The van der Waals surface area contributed by atoms with E-state index in [0.717, 1.165) is 38.4 Å². The van der Waals surface area contributed by atoms with Gasteiger partial charge in [0.15, 0.2) is 5.96 Å². The second kappa shape index (κ2) is 13.3. The van der Waals surface area contributed by atoms with Crippen molar-refractivity contribution in [1.29, 1.82) is 0 Å². The highest BCUT2D eigenvalue weighted by atomic mass is 127. The predicted molar refractivity (Wildman–Crippen MR) is 119 cm³/mol. The Hall–Kier alpha value is -0.900. The second-order valence-corrected chi connectivity index (χ2v) is 7.17. The molecule has 0 spiro atoms. The Morgan fingerprint density at radius 1 is 1.11 bits per heavy atom. The number of aliphatic imine (C=N–C) groups is 1. The molecular formula is C19H36IN5O2. The summed E-state index contributed by atoms with van der Waals surface area (Å²) in [7, 11) is 0. The molecule has 0 aromatic rings. The molecule has 0 saturated carbocycles. The maximum atomic E-state index is 11.8. The van der Waals surface area contributed by atoms with Crippen LogP contribution in [0.25, 0.3) is 0 Å². The zero-order chi connectivity index (χ0) is 18.8. The van der Waals surface area contributed by atoms with E-state index in [1.54, 1.807) is 0 Å². The average Bonchev–Trinajstić information content (AvgIpc) is 2.63. The summed E-state index contributed by atoms with van der Waals surface area (Å²) >= 11 is 0. The molecule has 0 atom stereocenters. The lowest BCUT2D eigenvalue weighted by atomic mass is 10.0. The van der Waals surface area contributed by atoms with Crippen LogP contribution in [-0.2, 0) is 9.59 Å². The molecule has 0 aromatic heterocycles. The summed E-state index contributed by atoms with van der Waals surface area (Å²) in [4.78, 5) is 32.2. The van der Waals surface area contributed by atoms with Gasteiger partial charge in [0.25, 0.3) is 0 Å².